The molecule has 0 atom stereocenters. The lowest BCUT2D eigenvalue weighted by Gasteiger charge is -2.13. The van der Waals surface area contributed by atoms with Gasteiger partial charge in [0.05, 0.1) is 22.9 Å². The second kappa shape index (κ2) is 8.57. The zero-order chi connectivity index (χ0) is 22.0. The molecule has 1 aliphatic rings. The highest BCUT2D eigenvalue weighted by Crippen LogP contribution is 2.34. The molecule has 0 spiro atoms. The Bertz CT molecular complexity index is 1220. The third-order valence-electron chi connectivity index (χ3n) is 4.83. The second-order valence-electron chi connectivity index (χ2n) is 6.81. The van der Waals surface area contributed by atoms with E-state index in [1.165, 1.54) is 24.3 Å². The minimum atomic E-state index is -0.503. The highest BCUT2D eigenvalue weighted by molar-refractivity contribution is 8.18. The van der Waals surface area contributed by atoms with Crippen molar-refractivity contribution in [1.82, 2.24) is 9.47 Å². The Hall–Kier alpha value is -3.72. The molecule has 31 heavy (non-hydrogen) atoms. The van der Waals surface area contributed by atoms with E-state index in [1.807, 2.05) is 0 Å². The number of imide groups is 1. The maximum Gasteiger partial charge on any atom is 0.293 e. The third-order valence-corrected chi connectivity index (χ3v) is 5.74. The predicted octanol–water partition coefficient (Wildman–Crippen LogP) is 4.82. The van der Waals surface area contributed by atoms with Crippen LogP contribution in [0.5, 0.6) is 0 Å². The van der Waals surface area contributed by atoms with Crippen molar-refractivity contribution in [3.8, 4) is 0 Å². The first-order chi connectivity index (χ1) is 14.9. The summed E-state index contributed by atoms with van der Waals surface area (Å²) >= 11 is 0.783. The highest BCUT2D eigenvalue weighted by Gasteiger charge is 2.35. The van der Waals surface area contributed by atoms with E-state index >= 15 is 0 Å². The van der Waals surface area contributed by atoms with Crippen molar-refractivity contribution in [2.24, 2.45) is 0 Å². The fraction of sp³-hybridized carbons (Fsp3) is 0.0909. The summed E-state index contributed by atoms with van der Waals surface area (Å²) < 4.78 is 15.7. The van der Waals surface area contributed by atoms with Crippen molar-refractivity contribution in [1.29, 1.82) is 0 Å². The SMILES string of the molecule is O=C1S/C(=C\c2cccn2Cc2ccccc2[N+](=O)[O-])C(=O)N1Cc1ccccc1F. The number of carbonyl (C=O) groups is 2. The first kappa shape index (κ1) is 20.5. The van der Waals surface area contributed by atoms with E-state index in [0.717, 1.165) is 16.7 Å². The average molecular weight is 437 g/mol. The van der Waals surface area contributed by atoms with E-state index in [1.54, 1.807) is 53.2 Å². The maximum atomic E-state index is 13.9. The van der Waals surface area contributed by atoms with Gasteiger partial charge in [-0.2, -0.15) is 0 Å². The summed E-state index contributed by atoms with van der Waals surface area (Å²) in [6, 6.07) is 15.9. The molecule has 1 fully saturated rings. The standard InChI is InChI=1S/C22H16FN3O4S/c23-18-9-3-1-6-15(18)14-25-21(27)20(31-22(25)28)12-17-8-5-11-24(17)13-16-7-2-4-10-19(16)26(29)30/h1-12H,13-14H2/b20-12-. The lowest BCUT2D eigenvalue weighted by atomic mass is 10.2. The van der Waals surface area contributed by atoms with Crippen LogP contribution in [-0.4, -0.2) is 25.5 Å². The van der Waals surface area contributed by atoms with Crippen LogP contribution in [0.15, 0.2) is 71.8 Å². The van der Waals surface area contributed by atoms with Crippen LogP contribution < -0.4 is 0 Å². The molecule has 0 radical (unpaired) electrons. The number of rotatable bonds is 6. The van der Waals surface area contributed by atoms with E-state index in [2.05, 4.69) is 0 Å². The number of nitrogens with zero attached hydrogens (tertiary/aromatic N) is 3. The molecule has 1 aliphatic heterocycles. The highest BCUT2D eigenvalue weighted by atomic mass is 32.2. The summed E-state index contributed by atoms with van der Waals surface area (Å²) in [6.07, 6.45) is 3.31. The summed E-state index contributed by atoms with van der Waals surface area (Å²) in [6.45, 7) is 0.0842. The lowest BCUT2D eigenvalue weighted by Crippen LogP contribution is -2.27. The largest absolute Gasteiger partial charge is 0.343 e. The van der Waals surface area contributed by atoms with Gasteiger partial charge in [0.25, 0.3) is 16.8 Å². The molecule has 0 unspecified atom stereocenters. The molecule has 7 nitrogen and oxygen atoms in total. The van der Waals surface area contributed by atoms with Crippen LogP contribution >= 0.6 is 11.8 Å². The van der Waals surface area contributed by atoms with Crippen LogP contribution in [0.25, 0.3) is 6.08 Å². The van der Waals surface area contributed by atoms with Gasteiger partial charge in [0.2, 0.25) is 0 Å². The van der Waals surface area contributed by atoms with Crippen molar-refractivity contribution in [2.45, 2.75) is 13.1 Å². The quantitative estimate of drug-likeness (QED) is 0.314. The van der Waals surface area contributed by atoms with E-state index in [0.29, 0.717) is 11.3 Å². The van der Waals surface area contributed by atoms with Crippen LogP contribution in [0.3, 0.4) is 0 Å². The summed E-state index contributed by atoms with van der Waals surface area (Å²) in [7, 11) is 0. The van der Waals surface area contributed by atoms with Gasteiger partial charge in [0, 0.05) is 29.1 Å². The van der Waals surface area contributed by atoms with Crippen molar-refractivity contribution in [3.63, 3.8) is 0 Å². The fourth-order valence-electron chi connectivity index (χ4n) is 3.28. The van der Waals surface area contributed by atoms with Gasteiger partial charge in [0.1, 0.15) is 5.82 Å². The van der Waals surface area contributed by atoms with Gasteiger partial charge in [-0.15, -0.1) is 0 Å². The second-order valence-corrected chi connectivity index (χ2v) is 7.80. The van der Waals surface area contributed by atoms with Gasteiger partial charge in [-0.3, -0.25) is 24.6 Å². The molecule has 1 aromatic heterocycles. The summed E-state index contributed by atoms with van der Waals surface area (Å²) in [4.78, 5) is 37.2. The van der Waals surface area contributed by atoms with Crippen LogP contribution in [0.2, 0.25) is 0 Å². The van der Waals surface area contributed by atoms with Crippen LogP contribution in [-0.2, 0) is 17.9 Å². The minimum absolute atomic E-state index is 0.00682. The number of nitro benzene ring substituents is 1. The molecule has 4 rings (SSSR count). The number of carbonyl (C=O) groups excluding carboxylic acids is 2. The predicted molar refractivity (Wildman–Crippen MR) is 115 cm³/mol. The Kier molecular flexibility index (Phi) is 5.68. The Morgan fingerprint density at radius 2 is 1.68 bits per heavy atom. The number of amides is 2. The summed E-state index contributed by atoms with van der Waals surface area (Å²) in [5.41, 5.74) is 1.40. The Morgan fingerprint density at radius 1 is 0.968 bits per heavy atom. The van der Waals surface area contributed by atoms with Crippen molar-refractivity contribution in [2.75, 3.05) is 0 Å². The van der Waals surface area contributed by atoms with Crippen LogP contribution in [0, 0.1) is 15.9 Å². The summed E-state index contributed by atoms with van der Waals surface area (Å²) in [5, 5.41) is 10.8. The fourth-order valence-corrected chi connectivity index (χ4v) is 4.10. The lowest BCUT2D eigenvalue weighted by molar-refractivity contribution is -0.385. The molecule has 3 aromatic rings. The number of hydrogen-bond donors (Lipinski definition) is 0. The monoisotopic (exact) mass is 437 g/mol. The minimum Gasteiger partial charge on any atom is -0.343 e. The molecule has 2 amide bonds. The third kappa shape index (κ3) is 4.26. The maximum absolute atomic E-state index is 13.9. The van der Waals surface area contributed by atoms with Gasteiger partial charge < -0.3 is 4.57 Å². The number of thioether (sulfide) groups is 1. The average Bonchev–Trinajstić information content (AvgIpc) is 3.29. The number of para-hydroxylation sites is 1. The Labute approximate surface area is 180 Å². The molecule has 0 bridgehead atoms. The Morgan fingerprint density at radius 3 is 2.42 bits per heavy atom. The number of hydrogen-bond acceptors (Lipinski definition) is 5. The molecular weight excluding hydrogens is 421 g/mol. The Balaban J connectivity index is 1.57. The molecule has 1 saturated heterocycles. The van der Waals surface area contributed by atoms with Gasteiger partial charge in [0.15, 0.2) is 0 Å². The van der Waals surface area contributed by atoms with Gasteiger partial charge in [-0.05, 0) is 36.0 Å². The van der Waals surface area contributed by atoms with Crippen molar-refractivity contribution < 1.29 is 18.9 Å². The molecule has 0 saturated carbocycles. The van der Waals surface area contributed by atoms with Crippen LogP contribution in [0.4, 0.5) is 14.9 Å². The molecule has 0 N–H and O–H groups in total. The molecule has 2 heterocycles. The zero-order valence-corrected chi connectivity index (χ0v) is 16.9. The van der Waals surface area contributed by atoms with E-state index in [9.17, 15) is 24.1 Å². The van der Waals surface area contributed by atoms with E-state index < -0.39 is 21.9 Å². The van der Waals surface area contributed by atoms with E-state index in [-0.39, 0.29) is 29.2 Å². The molecule has 9 heteroatoms. The van der Waals surface area contributed by atoms with Gasteiger partial charge in [-0.1, -0.05) is 36.4 Å². The smallest absolute Gasteiger partial charge is 0.293 e. The van der Waals surface area contributed by atoms with Gasteiger partial charge >= 0.3 is 0 Å². The van der Waals surface area contributed by atoms with Crippen molar-refractivity contribution >= 4 is 34.7 Å². The van der Waals surface area contributed by atoms with E-state index in [4.69, 9.17) is 0 Å². The summed E-state index contributed by atoms with van der Waals surface area (Å²) in [5.74, 6) is -0.986. The first-order valence-corrected chi connectivity index (χ1v) is 10.1. The topological polar surface area (TPSA) is 85.5 Å². The molecule has 156 valence electrons. The number of aromatic nitrogens is 1. The molecule has 0 aliphatic carbocycles. The zero-order valence-electron chi connectivity index (χ0n) is 16.1. The molecular formula is C22H16FN3O4S. The number of nitro groups is 1. The molecule has 2 aromatic carbocycles. The number of benzene rings is 2. The normalized spacial score (nSPS) is 15.1. The van der Waals surface area contributed by atoms with Crippen LogP contribution in [0.1, 0.15) is 16.8 Å². The van der Waals surface area contributed by atoms with Crippen molar-refractivity contribution in [3.05, 3.63) is 105 Å². The first-order valence-electron chi connectivity index (χ1n) is 9.30. The van der Waals surface area contributed by atoms with Gasteiger partial charge in [-0.25, -0.2) is 4.39 Å². The number of halogens is 1.